The number of fused-ring (bicyclic) bond motifs is 2. The minimum atomic E-state index is 0.178. The van der Waals surface area contributed by atoms with Crippen molar-refractivity contribution < 1.29 is 4.79 Å². The van der Waals surface area contributed by atoms with E-state index in [2.05, 4.69) is 75.7 Å². The van der Waals surface area contributed by atoms with Gasteiger partial charge in [0.25, 0.3) is 0 Å². The van der Waals surface area contributed by atoms with E-state index >= 15 is 0 Å². The molecule has 1 fully saturated rings. The van der Waals surface area contributed by atoms with Gasteiger partial charge in [0.1, 0.15) is 5.49 Å². The van der Waals surface area contributed by atoms with Crippen molar-refractivity contribution in [3.8, 4) is 11.1 Å². The molecule has 0 spiro atoms. The minimum Gasteiger partial charge on any atom is -0.361 e. The molecule has 2 aromatic carbocycles. The summed E-state index contributed by atoms with van der Waals surface area (Å²) in [4.78, 5) is 27.4. The van der Waals surface area contributed by atoms with Crippen molar-refractivity contribution in [2.75, 3.05) is 32.7 Å². The van der Waals surface area contributed by atoms with Gasteiger partial charge in [0.05, 0.1) is 6.54 Å². The lowest BCUT2D eigenvalue weighted by Gasteiger charge is -2.34. The number of nitrogens with one attached hydrogen (secondary N) is 2. The highest BCUT2D eigenvalue weighted by atomic mass is 16.2. The second-order valence-electron chi connectivity index (χ2n) is 9.38. The molecule has 0 radical (unpaired) electrons. The van der Waals surface area contributed by atoms with Crippen LogP contribution in [0.3, 0.4) is 0 Å². The summed E-state index contributed by atoms with van der Waals surface area (Å²) in [6.07, 6.45) is 6.43. The molecule has 1 amide bonds. The molecule has 4 aromatic rings. The molecule has 34 heavy (non-hydrogen) atoms. The van der Waals surface area contributed by atoms with Crippen molar-refractivity contribution in [1.82, 2.24) is 19.8 Å². The zero-order valence-electron chi connectivity index (χ0n) is 19.4. The van der Waals surface area contributed by atoms with Gasteiger partial charge in [-0.3, -0.25) is 14.7 Å². The Hall–Kier alpha value is -3.64. The molecule has 1 saturated heterocycles. The van der Waals surface area contributed by atoms with Crippen LogP contribution in [0.2, 0.25) is 0 Å². The van der Waals surface area contributed by atoms with Gasteiger partial charge in [0, 0.05) is 74.3 Å². The van der Waals surface area contributed by atoms with Gasteiger partial charge < -0.3 is 14.9 Å². The van der Waals surface area contributed by atoms with Crippen molar-refractivity contribution in [1.29, 1.82) is 0 Å². The monoisotopic (exact) mass is 451 g/mol. The normalized spacial score (nSPS) is 18.4. The lowest BCUT2D eigenvalue weighted by atomic mass is 9.94. The molecular formula is C28H29N5O. The van der Waals surface area contributed by atoms with Crippen LogP contribution in [0.5, 0.6) is 0 Å². The molecule has 0 saturated carbocycles. The molecule has 2 aliphatic heterocycles. The minimum absolute atomic E-state index is 0.178. The summed E-state index contributed by atoms with van der Waals surface area (Å²) >= 11 is 0. The number of aromatic amines is 2. The van der Waals surface area contributed by atoms with E-state index in [-0.39, 0.29) is 11.8 Å². The first kappa shape index (κ1) is 20.9. The van der Waals surface area contributed by atoms with Gasteiger partial charge in [0.15, 0.2) is 0 Å². The van der Waals surface area contributed by atoms with Crippen molar-refractivity contribution in [2.45, 2.75) is 19.4 Å². The van der Waals surface area contributed by atoms with E-state index in [1.54, 1.807) is 6.92 Å². The summed E-state index contributed by atoms with van der Waals surface area (Å²) in [5, 5.41) is 2.41. The molecule has 6 rings (SSSR count). The average molecular weight is 452 g/mol. The first-order valence-electron chi connectivity index (χ1n) is 12.0. The van der Waals surface area contributed by atoms with Gasteiger partial charge in [-0.1, -0.05) is 36.4 Å². The predicted molar refractivity (Wildman–Crippen MR) is 135 cm³/mol. The Morgan fingerprint density at radius 3 is 2.65 bits per heavy atom. The molecule has 172 valence electrons. The summed E-state index contributed by atoms with van der Waals surface area (Å²) in [7, 11) is 0. The Kier molecular flexibility index (Phi) is 5.30. The Morgan fingerprint density at radius 2 is 1.85 bits per heavy atom. The fourth-order valence-corrected chi connectivity index (χ4v) is 5.18. The second kappa shape index (κ2) is 8.61. The van der Waals surface area contributed by atoms with E-state index in [1.807, 2.05) is 11.1 Å². The third-order valence-electron chi connectivity index (χ3n) is 7.21. The van der Waals surface area contributed by atoms with Gasteiger partial charge in [-0.2, -0.15) is 0 Å². The van der Waals surface area contributed by atoms with Crippen LogP contribution in [0.15, 0.2) is 65.9 Å². The Morgan fingerprint density at radius 1 is 1.03 bits per heavy atom. The summed E-state index contributed by atoms with van der Waals surface area (Å²) in [6.45, 7) is 6.86. The van der Waals surface area contributed by atoms with Crippen LogP contribution in [0, 0.1) is 0 Å². The number of rotatable bonds is 4. The van der Waals surface area contributed by atoms with E-state index in [1.165, 1.54) is 32.9 Å². The zero-order chi connectivity index (χ0) is 23.1. The highest BCUT2D eigenvalue weighted by Gasteiger charge is 2.19. The smallest absolute Gasteiger partial charge is 0.219 e. The maximum atomic E-state index is 11.5. The SMILES string of the molecule is CC(=O)N1CCN(Cc2ccc(C3C=c4c(-c5ccc6[nH]ccc6c5)c[nH]c4=NC3)cc2)CC1. The lowest BCUT2D eigenvalue weighted by molar-refractivity contribution is -0.130. The van der Waals surface area contributed by atoms with Crippen LogP contribution in [-0.4, -0.2) is 58.4 Å². The fraction of sp³-hybridized carbons (Fsp3) is 0.286. The quantitative estimate of drug-likeness (QED) is 0.501. The molecule has 6 heteroatoms. The molecule has 2 aromatic heterocycles. The van der Waals surface area contributed by atoms with Crippen LogP contribution < -0.4 is 10.7 Å². The maximum Gasteiger partial charge on any atom is 0.219 e. The van der Waals surface area contributed by atoms with Crippen LogP contribution >= 0.6 is 0 Å². The number of hydrogen-bond acceptors (Lipinski definition) is 3. The number of benzene rings is 2. The zero-order valence-corrected chi connectivity index (χ0v) is 19.4. The molecule has 1 atom stereocenters. The van der Waals surface area contributed by atoms with Crippen molar-refractivity contribution in [3.05, 3.63) is 82.8 Å². The number of nitrogens with zero attached hydrogens (tertiary/aromatic N) is 3. The van der Waals surface area contributed by atoms with Gasteiger partial charge >= 0.3 is 0 Å². The maximum absolute atomic E-state index is 11.5. The number of H-pyrrole nitrogens is 2. The average Bonchev–Trinajstić information content (AvgIpc) is 3.51. The summed E-state index contributed by atoms with van der Waals surface area (Å²) in [5.74, 6) is 0.447. The van der Waals surface area contributed by atoms with Crippen LogP contribution in [0.25, 0.3) is 28.1 Å². The molecular weight excluding hydrogens is 422 g/mol. The van der Waals surface area contributed by atoms with Gasteiger partial charge in [-0.25, -0.2) is 0 Å². The van der Waals surface area contributed by atoms with E-state index < -0.39 is 0 Å². The van der Waals surface area contributed by atoms with Gasteiger partial charge in [0.2, 0.25) is 5.91 Å². The summed E-state index contributed by atoms with van der Waals surface area (Å²) in [6, 6.07) is 17.6. The number of piperazine rings is 1. The second-order valence-corrected chi connectivity index (χ2v) is 9.38. The Bertz CT molecular complexity index is 1450. The van der Waals surface area contributed by atoms with Crippen molar-refractivity contribution in [3.63, 3.8) is 0 Å². The van der Waals surface area contributed by atoms with Crippen LogP contribution in [-0.2, 0) is 11.3 Å². The van der Waals surface area contributed by atoms with Crippen molar-refractivity contribution in [2.24, 2.45) is 4.99 Å². The van der Waals surface area contributed by atoms with E-state index in [0.29, 0.717) is 0 Å². The summed E-state index contributed by atoms with van der Waals surface area (Å²) in [5.41, 5.74) is 7.15. The summed E-state index contributed by atoms with van der Waals surface area (Å²) < 4.78 is 0. The number of hydrogen-bond donors (Lipinski definition) is 2. The number of aromatic nitrogens is 2. The molecule has 6 nitrogen and oxygen atoms in total. The number of carbonyl (C=O) groups is 1. The molecule has 0 bridgehead atoms. The number of amides is 1. The highest BCUT2D eigenvalue weighted by molar-refractivity contribution is 5.85. The Labute approximate surface area is 198 Å². The first-order chi connectivity index (χ1) is 16.6. The largest absolute Gasteiger partial charge is 0.361 e. The molecule has 4 heterocycles. The lowest BCUT2D eigenvalue weighted by Crippen LogP contribution is -2.47. The number of carbonyl (C=O) groups excluding carboxylic acids is 1. The van der Waals surface area contributed by atoms with Gasteiger partial charge in [-0.15, -0.1) is 0 Å². The highest BCUT2D eigenvalue weighted by Crippen LogP contribution is 2.24. The topological polar surface area (TPSA) is 67.5 Å². The molecule has 1 unspecified atom stereocenters. The predicted octanol–water partition coefficient (Wildman–Crippen LogP) is 3.02. The molecule has 0 aliphatic carbocycles. The van der Waals surface area contributed by atoms with Crippen LogP contribution in [0.4, 0.5) is 0 Å². The standard InChI is InChI=1S/C28H29N5O/c1-19(34)33-12-10-32(11-13-33)18-20-2-4-21(5-3-20)24-15-25-26(17-31-28(25)30-16-24)22-6-7-27-23(14-22)8-9-29-27/h2-9,14-15,17,24,29H,10-13,16,18H2,1H3,(H,30,31). The van der Waals surface area contributed by atoms with Gasteiger partial charge in [-0.05, 0) is 40.3 Å². The van der Waals surface area contributed by atoms with E-state index in [4.69, 9.17) is 4.99 Å². The first-order valence-corrected chi connectivity index (χ1v) is 12.0. The van der Waals surface area contributed by atoms with E-state index in [0.717, 1.165) is 50.3 Å². The third kappa shape index (κ3) is 3.94. The van der Waals surface area contributed by atoms with Crippen molar-refractivity contribution >= 4 is 22.9 Å². The fourth-order valence-electron chi connectivity index (χ4n) is 5.18. The van der Waals surface area contributed by atoms with E-state index in [9.17, 15) is 4.79 Å². The third-order valence-corrected chi connectivity index (χ3v) is 7.21. The molecule has 2 aliphatic rings. The molecule has 2 N–H and O–H groups in total. The van der Waals surface area contributed by atoms with Crippen LogP contribution in [0.1, 0.15) is 24.0 Å². The Balaban J connectivity index is 1.20.